The lowest BCUT2D eigenvalue weighted by Crippen LogP contribution is -2.22. The predicted molar refractivity (Wildman–Crippen MR) is 88.3 cm³/mol. The number of benzene rings is 2. The number of amides is 1. The number of H-pyrrole nitrogens is 1. The fraction of sp³-hybridized carbons (Fsp3) is 0.0556. The van der Waals surface area contributed by atoms with E-state index in [1.165, 1.54) is 6.20 Å². The number of para-hydroxylation sites is 2. The summed E-state index contributed by atoms with van der Waals surface area (Å²) in [7, 11) is 0. The molecule has 0 saturated heterocycles. The van der Waals surface area contributed by atoms with E-state index in [0.717, 1.165) is 0 Å². The van der Waals surface area contributed by atoms with Gasteiger partial charge in [-0.15, -0.1) is 0 Å². The molecule has 0 aliphatic carbocycles. The van der Waals surface area contributed by atoms with Crippen molar-refractivity contribution in [1.82, 2.24) is 4.98 Å². The quantitative estimate of drug-likeness (QED) is 0.780. The van der Waals surface area contributed by atoms with Crippen LogP contribution in [0.15, 0.2) is 59.5 Å². The van der Waals surface area contributed by atoms with Crippen molar-refractivity contribution >= 4 is 22.5 Å². The van der Waals surface area contributed by atoms with E-state index in [9.17, 15) is 9.59 Å². The van der Waals surface area contributed by atoms with Gasteiger partial charge >= 0.3 is 0 Å². The number of hydrogen-bond donors (Lipinski definition) is 2. The topological polar surface area (TPSA) is 85.8 Å². The van der Waals surface area contributed by atoms with Crippen LogP contribution in [0.25, 0.3) is 10.9 Å². The van der Waals surface area contributed by atoms with E-state index in [2.05, 4.69) is 16.4 Å². The van der Waals surface area contributed by atoms with Gasteiger partial charge in [0.1, 0.15) is 5.56 Å². The minimum atomic E-state index is -0.498. The van der Waals surface area contributed by atoms with Crippen molar-refractivity contribution in [2.75, 3.05) is 5.32 Å². The zero-order valence-electron chi connectivity index (χ0n) is 12.2. The highest BCUT2D eigenvalue weighted by molar-refractivity contribution is 6.06. The molecule has 0 atom stereocenters. The molecule has 0 aliphatic rings. The highest BCUT2D eigenvalue weighted by Crippen LogP contribution is 2.16. The summed E-state index contributed by atoms with van der Waals surface area (Å²) in [5.74, 6) is -0.498. The van der Waals surface area contributed by atoms with E-state index in [0.29, 0.717) is 22.2 Å². The fourth-order valence-corrected chi connectivity index (χ4v) is 2.41. The van der Waals surface area contributed by atoms with E-state index in [1.807, 2.05) is 6.07 Å². The summed E-state index contributed by atoms with van der Waals surface area (Å²) < 4.78 is 0. The maximum Gasteiger partial charge on any atom is 0.261 e. The number of nitrogens with one attached hydrogen (secondary N) is 2. The molecule has 0 radical (unpaired) electrons. The van der Waals surface area contributed by atoms with Crippen LogP contribution in [-0.2, 0) is 6.42 Å². The average Bonchev–Trinajstić information content (AvgIpc) is 2.57. The Hall–Kier alpha value is -3.39. The zero-order chi connectivity index (χ0) is 16.2. The predicted octanol–water partition coefficient (Wildman–Crippen LogP) is 2.85. The number of hydrogen-bond acceptors (Lipinski definition) is 3. The summed E-state index contributed by atoms with van der Waals surface area (Å²) in [5, 5.41) is 12.0. The molecule has 5 heteroatoms. The van der Waals surface area contributed by atoms with Gasteiger partial charge in [-0.25, -0.2) is 0 Å². The van der Waals surface area contributed by atoms with Crippen LogP contribution in [0.5, 0.6) is 0 Å². The number of rotatable bonds is 3. The Morgan fingerprint density at radius 2 is 1.87 bits per heavy atom. The van der Waals surface area contributed by atoms with Gasteiger partial charge in [0, 0.05) is 22.8 Å². The van der Waals surface area contributed by atoms with E-state index in [4.69, 9.17) is 5.26 Å². The molecular weight excluding hydrogens is 290 g/mol. The zero-order valence-corrected chi connectivity index (χ0v) is 12.2. The summed E-state index contributed by atoms with van der Waals surface area (Å²) >= 11 is 0. The Balaban J connectivity index is 1.98. The minimum Gasteiger partial charge on any atom is -0.360 e. The first-order valence-corrected chi connectivity index (χ1v) is 7.07. The number of aromatic amines is 1. The number of anilines is 1. The number of aromatic nitrogens is 1. The Labute approximate surface area is 132 Å². The summed E-state index contributed by atoms with van der Waals surface area (Å²) in [6.07, 6.45) is 1.59. The second kappa shape index (κ2) is 6.16. The number of nitrogens with zero attached hydrogens (tertiary/aromatic N) is 1. The van der Waals surface area contributed by atoms with E-state index < -0.39 is 5.91 Å². The smallest absolute Gasteiger partial charge is 0.261 e. The van der Waals surface area contributed by atoms with Crippen LogP contribution < -0.4 is 10.7 Å². The molecule has 2 N–H and O–H groups in total. The van der Waals surface area contributed by atoms with Crippen LogP contribution in [0, 0.1) is 11.3 Å². The maximum atomic E-state index is 12.4. The van der Waals surface area contributed by atoms with Crippen LogP contribution in [0.3, 0.4) is 0 Å². The summed E-state index contributed by atoms with van der Waals surface area (Å²) in [6, 6.07) is 16.1. The first-order chi connectivity index (χ1) is 11.2. The van der Waals surface area contributed by atoms with Crippen molar-refractivity contribution in [2.24, 2.45) is 0 Å². The van der Waals surface area contributed by atoms with Gasteiger partial charge in [-0.1, -0.05) is 30.3 Å². The van der Waals surface area contributed by atoms with Crippen molar-refractivity contribution in [1.29, 1.82) is 5.26 Å². The molecule has 0 fully saturated rings. The molecule has 0 aliphatic heterocycles. The van der Waals surface area contributed by atoms with Crippen molar-refractivity contribution < 1.29 is 4.79 Å². The van der Waals surface area contributed by atoms with Gasteiger partial charge in [0.25, 0.3) is 5.91 Å². The van der Waals surface area contributed by atoms with Gasteiger partial charge in [-0.05, 0) is 23.8 Å². The van der Waals surface area contributed by atoms with Crippen LogP contribution in [0.2, 0.25) is 0 Å². The Kier molecular flexibility index (Phi) is 3.89. The van der Waals surface area contributed by atoms with E-state index >= 15 is 0 Å². The first-order valence-electron chi connectivity index (χ1n) is 7.07. The molecule has 112 valence electrons. The lowest BCUT2D eigenvalue weighted by Gasteiger charge is -2.09. The normalized spacial score (nSPS) is 10.2. The molecule has 3 aromatic rings. The van der Waals surface area contributed by atoms with E-state index in [-0.39, 0.29) is 17.4 Å². The van der Waals surface area contributed by atoms with E-state index in [1.54, 1.807) is 42.5 Å². The molecule has 2 aromatic carbocycles. The van der Waals surface area contributed by atoms with Gasteiger partial charge in [-0.3, -0.25) is 9.59 Å². The third-order valence-corrected chi connectivity index (χ3v) is 3.57. The molecule has 23 heavy (non-hydrogen) atoms. The van der Waals surface area contributed by atoms with Gasteiger partial charge in [0.05, 0.1) is 12.5 Å². The average molecular weight is 303 g/mol. The largest absolute Gasteiger partial charge is 0.360 e. The van der Waals surface area contributed by atoms with Gasteiger partial charge in [0.15, 0.2) is 0 Å². The number of nitriles is 1. The third kappa shape index (κ3) is 2.83. The second-order valence-electron chi connectivity index (χ2n) is 5.02. The standard InChI is InChI=1S/C18H13N3O2/c19-10-9-12-5-1-3-7-15(12)21-18(23)14-11-20-16-8-4-2-6-13(16)17(14)22/h1-8,11H,9H2,(H,20,22)(H,21,23). The molecule has 0 spiro atoms. The highest BCUT2D eigenvalue weighted by atomic mass is 16.2. The summed E-state index contributed by atoms with van der Waals surface area (Å²) in [5.41, 5.74) is 1.64. The molecule has 0 bridgehead atoms. The molecule has 0 unspecified atom stereocenters. The van der Waals surface area contributed by atoms with Crippen LogP contribution in [0.4, 0.5) is 5.69 Å². The fourth-order valence-electron chi connectivity index (χ4n) is 2.41. The minimum absolute atomic E-state index is 0.0375. The summed E-state index contributed by atoms with van der Waals surface area (Å²) in [4.78, 5) is 27.8. The molecular formula is C18H13N3O2. The van der Waals surface area contributed by atoms with Crippen molar-refractivity contribution in [3.63, 3.8) is 0 Å². The van der Waals surface area contributed by atoms with Gasteiger partial charge in [-0.2, -0.15) is 5.26 Å². The van der Waals surface area contributed by atoms with Crippen LogP contribution >= 0.6 is 0 Å². The lowest BCUT2D eigenvalue weighted by molar-refractivity contribution is 0.102. The van der Waals surface area contributed by atoms with Gasteiger partial charge < -0.3 is 10.3 Å². The molecule has 1 aromatic heterocycles. The number of carbonyl (C=O) groups excluding carboxylic acids is 1. The molecule has 1 heterocycles. The van der Waals surface area contributed by atoms with Crippen LogP contribution in [-0.4, -0.2) is 10.9 Å². The maximum absolute atomic E-state index is 12.4. The van der Waals surface area contributed by atoms with Gasteiger partial charge in [0.2, 0.25) is 5.43 Å². The second-order valence-corrected chi connectivity index (χ2v) is 5.02. The summed E-state index contributed by atoms with van der Waals surface area (Å²) in [6.45, 7) is 0. The Bertz CT molecular complexity index is 983. The van der Waals surface area contributed by atoms with Crippen molar-refractivity contribution in [3.8, 4) is 6.07 Å². The number of carbonyl (C=O) groups is 1. The molecule has 3 rings (SSSR count). The highest BCUT2D eigenvalue weighted by Gasteiger charge is 2.14. The van der Waals surface area contributed by atoms with Crippen LogP contribution in [0.1, 0.15) is 15.9 Å². The Morgan fingerprint density at radius 3 is 2.70 bits per heavy atom. The first kappa shape index (κ1) is 14.5. The monoisotopic (exact) mass is 303 g/mol. The lowest BCUT2D eigenvalue weighted by atomic mass is 10.1. The molecule has 5 nitrogen and oxygen atoms in total. The van der Waals surface area contributed by atoms with Crippen molar-refractivity contribution in [3.05, 3.63) is 76.1 Å². The SMILES string of the molecule is N#CCc1ccccc1NC(=O)c1c[nH]c2ccccc2c1=O. The Morgan fingerprint density at radius 1 is 1.13 bits per heavy atom. The molecule has 1 amide bonds. The van der Waals surface area contributed by atoms with Crippen molar-refractivity contribution in [2.45, 2.75) is 6.42 Å². The third-order valence-electron chi connectivity index (χ3n) is 3.57. The number of fused-ring (bicyclic) bond motifs is 1. The number of pyridine rings is 1. The molecule has 0 saturated carbocycles.